The molecule has 4 heteroatoms. The summed E-state index contributed by atoms with van der Waals surface area (Å²) in [4.78, 5) is 0. The van der Waals surface area contributed by atoms with Gasteiger partial charge in [-0.2, -0.15) is 0 Å². The van der Waals surface area contributed by atoms with Crippen molar-refractivity contribution in [3.8, 4) is 5.75 Å². The minimum atomic E-state index is 0.636. The van der Waals surface area contributed by atoms with Gasteiger partial charge in [0.25, 0.3) is 0 Å². The van der Waals surface area contributed by atoms with Gasteiger partial charge in [-0.1, -0.05) is 12.1 Å². The molecular formula is C11H19N3O. The van der Waals surface area contributed by atoms with Gasteiger partial charge in [0.05, 0.1) is 13.3 Å². The topological polar surface area (TPSA) is 59.3 Å². The number of hydrogen-bond acceptors (Lipinski definition) is 4. The second-order valence-electron chi connectivity index (χ2n) is 3.21. The molecule has 15 heavy (non-hydrogen) atoms. The molecule has 0 aliphatic carbocycles. The normalized spacial score (nSPS) is 10.3. The third-order valence-electron chi connectivity index (χ3n) is 2.05. The molecule has 0 amide bonds. The molecule has 0 saturated carbocycles. The van der Waals surface area contributed by atoms with E-state index in [0.717, 1.165) is 18.7 Å². The van der Waals surface area contributed by atoms with E-state index < -0.39 is 0 Å². The lowest BCUT2D eigenvalue weighted by Crippen LogP contribution is -2.34. The smallest absolute Gasteiger partial charge is 0.119 e. The lowest BCUT2D eigenvalue weighted by Gasteiger charge is -2.06. The second kappa shape index (κ2) is 7.23. The summed E-state index contributed by atoms with van der Waals surface area (Å²) in [7, 11) is 0. The molecule has 4 nitrogen and oxygen atoms in total. The summed E-state index contributed by atoms with van der Waals surface area (Å²) in [5.74, 6) is 6.06. The van der Waals surface area contributed by atoms with Crippen molar-refractivity contribution in [3.63, 3.8) is 0 Å². The van der Waals surface area contributed by atoms with Gasteiger partial charge in [0.15, 0.2) is 0 Å². The van der Waals surface area contributed by atoms with E-state index in [1.165, 1.54) is 5.56 Å². The van der Waals surface area contributed by atoms with Gasteiger partial charge in [0, 0.05) is 6.54 Å². The summed E-state index contributed by atoms with van der Waals surface area (Å²) >= 11 is 0. The Kier molecular flexibility index (Phi) is 5.77. The van der Waals surface area contributed by atoms with Crippen LogP contribution < -0.4 is 21.3 Å². The van der Waals surface area contributed by atoms with Crippen LogP contribution >= 0.6 is 0 Å². The van der Waals surface area contributed by atoms with Crippen LogP contribution in [0, 0.1) is 0 Å². The summed E-state index contributed by atoms with van der Waals surface area (Å²) < 4.78 is 5.36. The summed E-state index contributed by atoms with van der Waals surface area (Å²) in [6, 6.07) is 8.17. The molecule has 0 atom stereocenters. The second-order valence-corrected chi connectivity index (χ2v) is 3.21. The highest BCUT2D eigenvalue weighted by atomic mass is 16.5. The van der Waals surface area contributed by atoms with Gasteiger partial charge in [-0.05, 0) is 31.0 Å². The van der Waals surface area contributed by atoms with E-state index in [1.807, 2.05) is 19.1 Å². The fraction of sp³-hybridized carbons (Fsp3) is 0.455. The van der Waals surface area contributed by atoms with E-state index >= 15 is 0 Å². The number of benzene rings is 1. The number of hydrazine groups is 1. The molecule has 0 aliphatic heterocycles. The zero-order chi connectivity index (χ0) is 10.9. The van der Waals surface area contributed by atoms with Crippen LogP contribution in [0.1, 0.15) is 12.5 Å². The summed E-state index contributed by atoms with van der Waals surface area (Å²) in [6.45, 7) is 4.25. The molecule has 0 fully saturated rings. The highest BCUT2D eigenvalue weighted by Crippen LogP contribution is 2.11. The van der Waals surface area contributed by atoms with Crippen LogP contribution in [0.5, 0.6) is 5.75 Å². The van der Waals surface area contributed by atoms with Crippen LogP contribution in [0.25, 0.3) is 0 Å². The Balaban J connectivity index is 2.29. The maximum atomic E-state index is 5.36. The minimum Gasteiger partial charge on any atom is -0.494 e. The number of nitrogens with one attached hydrogen (secondary N) is 2. The van der Waals surface area contributed by atoms with Gasteiger partial charge in [-0.3, -0.25) is 5.84 Å². The Labute approximate surface area is 90.8 Å². The van der Waals surface area contributed by atoms with Crippen LogP contribution in [-0.2, 0) is 6.42 Å². The number of rotatable bonds is 7. The molecule has 0 bridgehead atoms. The molecule has 0 heterocycles. The zero-order valence-corrected chi connectivity index (χ0v) is 9.12. The van der Waals surface area contributed by atoms with Crippen molar-refractivity contribution in [1.29, 1.82) is 0 Å². The summed E-state index contributed by atoms with van der Waals surface area (Å²) in [6.07, 6.45) is 0.994. The molecule has 0 saturated heterocycles. The van der Waals surface area contributed by atoms with Gasteiger partial charge in [0.1, 0.15) is 5.75 Å². The van der Waals surface area contributed by atoms with E-state index in [9.17, 15) is 0 Å². The molecule has 0 aliphatic rings. The molecular weight excluding hydrogens is 190 g/mol. The van der Waals surface area contributed by atoms with Crippen LogP contribution in [0.15, 0.2) is 24.3 Å². The summed E-state index contributed by atoms with van der Waals surface area (Å²) in [5, 5.41) is 3.16. The van der Waals surface area contributed by atoms with Crippen LogP contribution in [0.2, 0.25) is 0 Å². The molecule has 4 N–H and O–H groups in total. The third-order valence-corrected chi connectivity index (χ3v) is 2.05. The van der Waals surface area contributed by atoms with Gasteiger partial charge >= 0.3 is 0 Å². The molecule has 0 radical (unpaired) electrons. The van der Waals surface area contributed by atoms with E-state index in [0.29, 0.717) is 13.3 Å². The third kappa shape index (κ3) is 4.78. The van der Waals surface area contributed by atoms with E-state index in [1.54, 1.807) is 0 Å². The Morgan fingerprint density at radius 1 is 1.27 bits per heavy atom. The van der Waals surface area contributed by atoms with Crippen molar-refractivity contribution in [2.24, 2.45) is 5.84 Å². The van der Waals surface area contributed by atoms with Gasteiger partial charge in [-0.25, -0.2) is 5.43 Å². The van der Waals surface area contributed by atoms with Gasteiger partial charge in [-0.15, -0.1) is 0 Å². The van der Waals surface area contributed by atoms with E-state index in [4.69, 9.17) is 10.6 Å². The molecule has 1 rings (SSSR count). The van der Waals surface area contributed by atoms with Crippen LogP contribution in [-0.4, -0.2) is 19.8 Å². The van der Waals surface area contributed by atoms with E-state index in [2.05, 4.69) is 22.9 Å². The summed E-state index contributed by atoms with van der Waals surface area (Å²) in [5.41, 5.74) is 3.84. The number of ether oxygens (including phenoxy) is 1. The lowest BCUT2D eigenvalue weighted by molar-refractivity contribution is 0.340. The minimum absolute atomic E-state index is 0.636. The fourth-order valence-electron chi connectivity index (χ4n) is 1.31. The first-order valence-electron chi connectivity index (χ1n) is 5.22. The molecule has 0 aromatic heterocycles. The largest absolute Gasteiger partial charge is 0.494 e. The highest BCUT2D eigenvalue weighted by molar-refractivity contribution is 5.27. The monoisotopic (exact) mass is 209 g/mol. The predicted molar refractivity (Wildman–Crippen MR) is 61.5 cm³/mol. The zero-order valence-electron chi connectivity index (χ0n) is 9.12. The molecule has 1 aromatic rings. The van der Waals surface area contributed by atoms with Gasteiger partial charge in [0.2, 0.25) is 0 Å². The van der Waals surface area contributed by atoms with E-state index in [-0.39, 0.29) is 0 Å². The molecule has 84 valence electrons. The van der Waals surface area contributed by atoms with Crippen LogP contribution in [0.4, 0.5) is 0 Å². The van der Waals surface area contributed by atoms with Crippen molar-refractivity contribution in [2.45, 2.75) is 13.3 Å². The van der Waals surface area contributed by atoms with Crippen LogP contribution in [0.3, 0.4) is 0 Å². The fourth-order valence-corrected chi connectivity index (χ4v) is 1.31. The maximum absolute atomic E-state index is 5.36. The number of hydrogen-bond donors (Lipinski definition) is 3. The Bertz CT molecular complexity index is 261. The predicted octanol–water partition coefficient (Wildman–Crippen LogP) is 0.638. The Hall–Kier alpha value is -1.10. The SMILES string of the molecule is CCOc1ccc(CCNCNN)cc1. The Morgan fingerprint density at radius 2 is 2.00 bits per heavy atom. The molecule has 0 spiro atoms. The lowest BCUT2D eigenvalue weighted by atomic mass is 10.1. The average molecular weight is 209 g/mol. The standard InChI is InChI=1S/C11H19N3O/c1-2-15-11-5-3-10(4-6-11)7-8-13-9-14-12/h3-6,13-14H,2,7-9,12H2,1H3. The van der Waals surface area contributed by atoms with Gasteiger partial charge < -0.3 is 10.1 Å². The first-order chi connectivity index (χ1) is 7.36. The van der Waals surface area contributed by atoms with Crippen molar-refractivity contribution in [3.05, 3.63) is 29.8 Å². The quantitative estimate of drug-likeness (QED) is 0.267. The number of nitrogens with two attached hydrogens (primary N) is 1. The van der Waals surface area contributed by atoms with Crippen molar-refractivity contribution in [2.75, 3.05) is 19.8 Å². The van der Waals surface area contributed by atoms with Crippen molar-refractivity contribution >= 4 is 0 Å². The maximum Gasteiger partial charge on any atom is 0.119 e. The van der Waals surface area contributed by atoms with Crippen molar-refractivity contribution < 1.29 is 4.74 Å². The average Bonchev–Trinajstić information content (AvgIpc) is 2.27. The van der Waals surface area contributed by atoms with Crippen molar-refractivity contribution in [1.82, 2.24) is 10.7 Å². The first kappa shape index (κ1) is 12.0. The first-order valence-corrected chi connectivity index (χ1v) is 5.22. The molecule has 1 aromatic carbocycles. The Morgan fingerprint density at radius 3 is 2.60 bits per heavy atom. The molecule has 0 unspecified atom stereocenters. The highest BCUT2D eigenvalue weighted by Gasteiger charge is 1.94.